The maximum Gasteiger partial charge on any atom is 0.258 e. The van der Waals surface area contributed by atoms with Gasteiger partial charge < -0.3 is 19.9 Å². The molecule has 1 fully saturated rings. The average molecular weight is 251 g/mol. The topological polar surface area (TPSA) is 67.8 Å². The van der Waals surface area contributed by atoms with Crippen molar-refractivity contribution in [3.63, 3.8) is 0 Å². The molecule has 0 heterocycles. The molecule has 1 aromatic rings. The highest BCUT2D eigenvalue weighted by Crippen LogP contribution is 2.24. The van der Waals surface area contributed by atoms with E-state index >= 15 is 0 Å². The Hall–Kier alpha value is -1.75. The predicted molar refractivity (Wildman–Crippen MR) is 65.6 cm³/mol. The van der Waals surface area contributed by atoms with Crippen LogP contribution in [-0.2, 0) is 11.4 Å². The van der Waals surface area contributed by atoms with Gasteiger partial charge in [-0.05, 0) is 31.0 Å². The van der Waals surface area contributed by atoms with Crippen molar-refractivity contribution in [3.05, 3.63) is 23.8 Å². The lowest BCUT2D eigenvalue weighted by molar-refractivity contribution is -0.123. The molecule has 2 N–H and O–H groups in total. The zero-order valence-electron chi connectivity index (χ0n) is 10.3. The van der Waals surface area contributed by atoms with Gasteiger partial charge in [-0.3, -0.25) is 4.79 Å². The molecular weight excluding hydrogens is 234 g/mol. The van der Waals surface area contributed by atoms with Gasteiger partial charge in [-0.2, -0.15) is 0 Å². The van der Waals surface area contributed by atoms with Crippen molar-refractivity contribution in [2.45, 2.75) is 25.5 Å². The molecule has 1 aliphatic carbocycles. The van der Waals surface area contributed by atoms with Gasteiger partial charge in [0.25, 0.3) is 5.91 Å². The van der Waals surface area contributed by atoms with Crippen LogP contribution in [0.5, 0.6) is 11.5 Å². The number of carbonyl (C=O) groups is 1. The van der Waals surface area contributed by atoms with Crippen LogP contribution in [-0.4, -0.2) is 30.8 Å². The maximum absolute atomic E-state index is 11.5. The fourth-order valence-electron chi connectivity index (χ4n) is 1.59. The Labute approximate surface area is 106 Å². The lowest BCUT2D eigenvalue weighted by Crippen LogP contribution is -2.30. The Morgan fingerprint density at radius 2 is 2.28 bits per heavy atom. The van der Waals surface area contributed by atoms with Crippen molar-refractivity contribution in [3.8, 4) is 11.5 Å². The second-order valence-corrected chi connectivity index (χ2v) is 4.26. The predicted octanol–water partition coefficient (Wildman–Crippen LogP) is 0.845. The third-order valence-corrected chi connectivity index (χ3v) is 2.74. The van der Waals surface area contributed by atoms with Crippen LogP contribution in [0.1, 0.15) is 18.4 Å². The first-order chi connectivity index (χ1) is 8.72. The second-order valence-electron chi connectivity index (χ2n) is 4.26. The Morgan fingerprint density at radius 3 is 2.89 bits per heavy atom. The number of aliphatic hydroxyl groups excluding tert-OH is 1. The summed E-state index contributed by atoms with van der Waals surface area (Å²) in [6.07, 6.45) is 2.10. The molecule has 1 aromatic carbocycles. The van der Waals surface area contributed by atoms with E-state index in [0.717, 1.165) is 12.8 Å². The van der Waals surface area contributed by atoms with Gasteiger partial charge in [-0.25, -0.2) is 0 Å². The molecule has 5 nitrogen and oxygen atoms in total. The third kappa shape index (κ3) is 3.37. The van der Waals surface area contributed by atoms with Crippen LogP contribution in [0.2, 0.25) is 0 Å². The van der Waals surface area contributed by atoms with E-state index in [1.165, 1.54) is 0 Å². The van der Waals surface area contributed by atoms with Crippen LogP contribution >= 0.6 is 0 Å². The van der Waals surface area contributed by atoms with Gasteiger partial charge in [-0.15, -0.1) is 0 Å². The van der Waals surface area contributed by atoms with Gasteiger partial charge in [0.05, 0.1) is 13.7 Å². The molecule has 1 amide bonds. The van der Waals surface area contributed by atoms with Crippen LogP contribution < -0.4 is 14.8 Å². The first-order valence-corrected chi connectivity index (χ1v) is 5.93. The van der Waals surface area contributed by atoms with Crippen LogP contribution in [0.4, 0.5) is 0 Å². The minimum absolute atomic E-state index is 0.0319. The summed E-state index contributed by atoms with van der Waals surface area (Å²) in [5.74, 6) is 1.02. The number of methoxy groups -OCH3 is 1. The third-order valence-electron chi connectivity index (χ3n) is 2.74. The molecule has 0 saturated heterocycles. The van der Waals surface area contributed by atoms with E-state index in [0.29, 0.717) is 23.1 Å². The van der Waals surface area contributed by atoms with Gasteiger partial charge in [0, 0.05) is 11.6 Å². The lowest BCUT2D eigenvalue weighted by Gasteiger charge is -2.11. The lowest BCUT2D eigenvalue weighted by atomic mass is 10.2. The van der Waals surface area contributed by atoms with Gasteiger partial charge in [0.15, 0.2) is 6.61 Å². The standard InChI is InChI=1S/C13H17NO4/c1-17-11-4-5-12(9(6-11)7-15)18-8-13(16)14-10-2-3-10/h4-6,10,15H,2-3,7-8H2,1H3,(H,14,16). The summed E-state index contributed by atoms with van der Waals surface area (Å²) in [6.45, 7) is -0.188. The molecule has 98 valence electrons. The number of benzene rings is 1. The summed E-state index contributed by atoms with van der Waals surface area (Å²) in [7, 11) is 1.56. The second kappa shape index (κ2) is 5.73. The number of aliphatic hydroxyl groups is 1. The number of amides is 1. The molecule has 1 saturated carbocycles. The molecule has 5 heteroatoms. The van der Waals surface area contributed by atoms with Crippen LogP contribution in [0, 0.1) is 0 Å². The van der Waals surface area contributed by atoms with Crippen molar-refractivity contribution >= 4 is 5.91 Å². The SMILES string of the molecule is COc1ccc(OCC(=O)NC2CC2)c(CO)c1. The van der Waals surface area contributed by atoms with E-state index in [-0.39, 0.29) is 19.1 Å². The quantitative estimate of drug-likeness (QED) is 0.786. The summed E-state index contributed by atoms with van der Waals surface area (Å²) in [4.78, 5) is 11.5. The first-order valence-electron chi connectivity index (χ1n) is 5.93. The van der Waals surface area contributed by atoms with Crippen molar-refractivity contribution in [2.75, 3.05) is 13.7 Å². The first kappa shape index (κ1) is 12.7. The molecule has 0 bridgehead atoms. The van der Waals surface area contributed by atoms with E-state index in [1.807, 2.05) is 0 Å². The number of hydrogen-bond donors (Lipinski definition) is 2. The van der Waals surface area contributed by atoms with E-state index in [2.05, 4.69) is 5.32 Å². The van der Waals surface area contributed by atoms with Crippen LogP contribution in [0.25, 0.3) is 0 Å². The zero-order chi connectivity index (χ0) is 13.0. The smallest absolute Gasteiger partial charge is 0.258 e. The fourth-order valence-corrected chi connectivity index (χ4v) is 1.59. The molecule has 0 aliphatic heterocycles. The Kier molecular flexibility index (Phi) is 4.04. The Bertz CT molecular complexity index is 429. The highest BCUT2D eigenvalue weighted by Gasteiger charge is 2.23. The number of carbonyl (C=O) groups excluding carboxylic acids is 1. The Morgan fingerprint density at radius 1 is 1.50 bits per heavy atom. The molecule has 18 heavy (non-hydrogen) atoms. The molecule has 1 aliphatic rings. The fraction of sp³-hybridized carbons (Fsp3) is 0.462. The van der Waals surface area contributed by atoms with Gasteiger partial charge >= 0.3 is 0 Å². The summed E-state index contributed by atoms with van der Waals surface area (Å²) in [5, 5.41) is 12.1. The number of hydrogen-bond acceptors (Lipinski definition) is 4. The monoisotopic (exact) mass is 251 g/mol. The highest BCUT2D eigenvalue weighted by molar-refractivity contribution is 5.78. The summed E-state index contributed by atoms with van der Waals surface area (Å²) >= 11 is 0. The summed E-state index contributed by atoms with van der Waals surface area (Å²) in [6, 6.07) is 5.44. The van der Waals surface area contributed by atoms with Crippen LogP contribution in [0.15, 0.2) is 18.2 Å². The van der Waals surface area contributed by atoms with Gasteiger partial charge in [-0.1, -0.05) is 0 Å². The van der Waals surface area contributed by atoms with Gasteiger partial charge in [0.2, 0.25) is 0 Å². The minimum Gasteiger partial charge on any atom is -0.497 e. The maximum atomic E-state index is 11.5. The Balaban J connectivity index is 1.92. The molecule has 0 spiro atoms. The number of rotatable bonds is 6. The highest BCUT2D eigenvalue weighted by atomic mass is 16.5. The van der Waals surface area contributed by atoms with Crippen molar-refractivity contribution in [1.82, 2.24) is 5.32 Å². The van der Waals surface area contributed by atoms with E-state index in [9.17, 15) is 9.90 Å². The van der Waals surface area contributed by atoms with Crippen molar-refractivity contribution < 1.29 is 19.4 Å². The normalized spacial score (nSPS) is 14.1. The minimum atomic E-state index is -0.156. The van der Waals surface area contributed by atoms with E-state index in [4.69, 9.17) is 9.47 Å². The van der Waals surface area contributed by atoms with Gasteiger partial charge in [0.1, 0.15) is 11.5 Å². The van der Waals surface area contributed by atoms with Crippen LogP contribution in [0.3, 0.4) is 0 Å². The molecule has 2 rings (SSSR count). The summed E-state index contributed by atoms with van der Waals surface area (Å²) < 4.78 is 10.4. The summed E-state index contributed by atoms with van der Waals surface area (Å²) in [5.41, 5.74) is 0.605. The molecule has 0 aromatic heterocycles. The largest absolute Gasteiger partial charge is 0.497 e. The van der Waals surface area contributed by atoms with Crippen molar-refractivity contribution in [1.29, 1.82) is 0 Å². The van der Waals surface area contributed by atoms with E-state index < -0.39 is 0 Å². The number of ether oxygens (including phenoxy) is 2. The molecular formula is C13H17NO4. The molecule has 0 radical (unpaired) electrons. The molecule has 0 atom stereocenters. The average Bonchev–Trinajstić information content (AvgIpc) is 3.20. The molecule has 0 unspecified atom stereocenters. The van der Waals surface area contributed by atoms with Crippen molar-refractivity contribution in [2.24, 2.45) is 0 Å². The number of nitrogens with one attached hydrogen (secondary N) is 1. The zero-order valence-corrected chi connectivity index (χ0v) is 10.3. The van der Waals surface area contributed by atoms with E-state index in [1.54, 1.807) is 25.3 Å².